The van der Waals surface area contributed by atoms with E-state index in [9.17, 15) is 0 Å². The van der Waals surface area contributed by atoms with Gasteiger partial charge < -0.3 is 9.84 Å². The molecule has 0 radical (unpaired) electrons. The first-order chi connectivity index (χ1) is 6.72. The summed E-state index contributed by atoms with van der Waals surface area (Å²) in [6, 6.07) is 6.11. The highest BCUT2D eigenvalue weighted by Gasteiger charge is 1.94. The zero-order valence-corrected chi connectivity index (χ0v) is 8.66. The van der Waals surface area contributed by atoms with Crippen LogP contribution in [-0.2, 0) is 0 Å². The van der Waals surface area contributed by atoms with Gasteiger partial charge in [0, 0.05) is 0 Å². The molecule has 0 aliphatic rings. The van der Waals surface area contributed by atoms with Gasteiger partial charge in [-0.1, -0.05) is 12.1 Å². The van der Waals surface area contributed by atoms with Gasteiger partial charge in [-0.2, -0.15) is 0 Å². The van der Waals surface area contributed by atoms with Crippen molar-refractivity contribution in [3.05, 3.63) is 41.5 Å². The molecule has 0 bridgehead atoms. The van der Waals surface area contributed by atoms with Gasteiger partial charge in [-0.15, -0.1) is 0 Å². The first-order valence-corrected chi connectivity index (χ1v) is 4.69. The average molecular weight is 192 g/mol. The third-order valence-corrected chi connectivity index (χ3v) is 1.81. The van der Waals surface area contributed by atoms with E-state index in [2.05, 4.69) is 6.07 Å². The Balaban J connectivity index is 2.54. The molecule has 1 rings (SSSR count). The van der Waals surface area contributed by atoms with Crippen LogP contribution in [0.1, 0.15) is 11.1 Å². The SMILES string of the molecule is Cc1cc(C)cc(OC/C=C/CO)c1. The van der Waals surface area contributed by atoms with Crippen molar-refractivity contribution >= 4 is 0 Å². The van der Waals surface area contributed by atoms with Gasteiger partial charge in [0.15, 0.2) is 0 Å². The fraction of sp³-hybridized carbons (Fsp3) is 0.333. The number of aliphatic hydroxyl groups is 1. The molecule has 2 nitrogen and oxygen atoms in total. The predicted octanol–water partition coefficient (Wildman–Crippen LogP) is 2.23. The van der Waals surface area contributed by atoms with Crippen LogP contribution < -0.4 is 4.74 Å². The summed E-state index contributed by atoms with van der Waals surface area (Å²) in [5.74, 6) is 0.880. The largest absolute Gasteiger partial charge is 0.490 e. The molecule has 0 heterocycles. The molecular weight excluding hydrogens is 176 g/mol. The smallest absolute Gasteiger partial charge is 0.120 e. The number of hydrogen-bond donors (Lipinski definition) is 1. The Morgan fingerprint density at radius 3 is 2.36 bits per heavy atom. The highest BCUT2D eigenvalue weighted by Crippen LogP contribution is 2.15. The predicted molar refractivity (Wildman–Crippen MR) is 57.6 cm³/mol. The number of hydrogen-bond acceptors (Lipinski definition) is 2. The number of ether oxygens (including phenoxy) is 1. The molecular formula is C12H16O2. The lowest BCUT2D eigenvalue weighted by molar-refractivity contribution is 0.336. The number of aliphatic hydroxyl groups excluding tert-OH is 1. The molecule has 0 atom stereocenters. The van der Waals surface area contributed by atoms with Crippen molar-refractivity contribution in [3.8, 4) is 5.75 Å². The molecule has 0 aliphatic carbocycles. The lowest BCUT2D eigenvalue weighted by atomic mass is 10.1. The Morgan fingerprint density at radius 1 is 1.14 bits per heavy atom. The van der Waals surface area contributed by atoms with Gasteiger partial charge in [0.05, 0.1) is 6.61 Å². The Hall–Kier alpha value is -1.28. The van der Waals surface area contributed by atoms with E-state index >= 15 is 0 Å². The Labute approximate surface area is 84.8 Å². The van der Waals surface area contributed by atoms with Crippen molar-refractivity contribution in [3.63, 3.8) is 0 Å². The van der Waals surface area contributed by atoms with Crippen LogP contribution in [0.5, 0.6) is 5.75 Å². The minimum Gasteiger partial charge on any atom is -0.490 e. The van der Waals surface area contributed by atoms with Gasteiger partial charge in [-0.05, 0) is 43.2 Å². The quantitative estimate of drug-likeness (QED) is 0.741. The maximum atomic E-state index is 8.51. The van der Waals surface area contributed by atoms with Gasteiger partial charge in [0.1, 0.15) is 12.4 Å². The van der Waals surface area contributed by atoms with Crippen LogP contribution >= 0.6 is 0 Å². The highest BCUT2D eigenvalue weighted by atomic mass is 16.5. The molecule has 0 fully saturated rings. The van der Waals surface area contributed by atoms with Crippen molar-refractivity contribution in [1.29, 1.82) is 0 Å². The average Bonchev–Trinajstić information content (AvgIpc) is 2.11. The summed E-state index contributed by atoms with van der Waals surface area (Å²) in [6.45, 7) is 4.66. The molecule has 1 aromatic rings. The molecule has 0 saturated carbocycles. The Bertz CT molecular complexity index is 296. The number of aryl methyl sites for hydroxylation is 2. The molecule has 14 heavy (non-hydrogen) atoms. The van der Waals surface area contributed by atoms with Crippen molar-refractivity contribution in [2.45, 2.75) is 13.8 Å². The van der Waals surface area contributed by atoms with Crippen LogP contribution in [0, 0.1) is 13.8 Å². The van der Waals surface area contributed by atoms with Crippen molar-refractivity contribution in [2.24, 2.45) is 0 Å². The van der Waals surface area contributed by atoms with Gasteiger partial charge in [0.25, 0.3) is 0 Å². The van der Waals surface area contributed by atoms with E-state index in [-0.39, 0.29) is 6.61 Å². The molecule has 76 valence electrons. The van der Waals surface area contributed by atoms with Gasteiger partial charge in [-0.3, -0.25) is 0 Å². The molecule has 1 N–H and O–H groups in total. The summed E-state index contributed by atoms with van der Waals surface area (Å²) in [6.07, 6.45) is 3.47. The zero-order chi connectivity index (χ0) is 10.4. The molecule has 1 aromatic carbocycles. The topological polar surface area (TPSA) is 29.5 Å². The molecule has 0 amide bonds. The second-order valence-electron chi connectivity index (χ2n) is 3.29. The second kappa shape index (κ2) is 5.45. The first kappa shape index (κ1) is 10.8. The first-order valence-electron chi connectivity index (χ1n) is 4.69. The minimum absolute atomic E-state index is 0.0657. The van der Waals surface area contributed by atoms with Crippen LogP contribution in [0.15, 0.2) is 30.4 Å². The number of rotatable bonds is 4. The van der Waals surface area contributed by atoms with Crippen LogP contribution in [0.4, 0.5) is 0 Å². The maximum Gasteiger partial charge on any atom is 0.120 e. The summed E-state index contributed by atoms with van der Waals surface area (Å²) in [7, 11) is 0. The standard InChI is InChI=1S/C12H16O2/c1-10-7-11(2)9-12(8-10)14-6-4-3-5-13/h3-4,7-9,13H,5-6H2,1-2H3/b4-3+. The monoisotopic (exact) mass is 192 g/mol. The zero-order valence-electron chi connectivity index (χ0n) is 8.66. The maximum absolute atomic E-state index is 8.51. The molecule has 0 aromatic heterocycles. The molecule has 0 spiro atoms. The normalized spacial score (nSPS) is 10.8. The van der Waals surface area contributed by atoms with Crippen LogP contribution in [0.25, 0.3) is 0 Å². The van der Waals surface area contributed by atoms with Crippen molar-refractivity contribution in [1.82, 2.24) is 0 Å². The van der Waals surface area contributed by atoms with Crippen molar-refractivity contribution < 1.29 is 9.84 Å². The van der Waals surface area contributed by atoms with Crippen LogP contribution in [-0.4, -0.2) is 18.3 Å². The van der Waals surface area contributed by atoms with Crippen LogP contribution in [0.2, 0.25) is 0 Å². The molecule has 0 saturated heterocycles. The van der Waals surface area contributed by atoms with E-state index < -0.39 is 0 Å². The van der Waals surface area contributed by atoms with E-state index in [4.69, 9.17) is 9.84 Å². The Morgan fingerprint density at radius 2 is 1.79 bits per heavy atom. The number of benzene rings is 1. The summed E-state index contributed by atoms with van der Waals surface area (Å²) in [5.41, 5.74) is 2.40. The summed E-state index contributed by atoms with van der Waals surface area (Å²) >= 11 is 0. The summed E-state index contributed by atoms with van der Waals surface area (Å²) in [5, 5.41) is 8.51. The minimum atomic E-state index is 0.0657. The van der Waals surface area contributed by atoms with E-state index in [0.717, 1.165) is 5.75 Å². The van der Waals surface area contributed by atoms with Gasteiger partial charge in [-0.25, -0.2) is 0 Å². The molecule has 0 aliphatic heterocycles. The van der Waals surface area contributed by atoms with E-state index in [0.29, 0.717) is 6.61 Å². The van der Waals surface area contributed by atoms with Gasteiger partial charge in [0.2, 0.25) is 0 Å². The Kier molecular flexibility index (Phi) is 4.20. The lowest BCUT2D eigenvalue weighted by Gasteiger charge is -2.05. The van der Waals surface area contributed by atoms with Crippen molar-refractivity contribution in [2.75, 3.05) is 13.2 Å². The third kappa shape index (κ3) is 3.62. The highest BCUT2D eigenvalue weighted by molar-refractivity contribution is 5.33. The van der Waals surface area contributed by atoms with E-state index in [1.165, 1.54) is 11.1 Å². The fourth-order valence-electron chi connectivity index (χ4n) is 1.30. The van der Waals surface area contributed by atoms with E-state index in [1.54, 1.807) is 12.2 Å². The molecule has 2 heteroatoms. The second-order valence-corrected chi connectivity index (χ2v) is 3.29. The molecule has 0 unspecified atom stereocenters. The summed E-state index contributed by atoms with van der Waals surface area (Å²) < 4.78 is 5.47. The van der Waals surface area contributed by atoms with E-state index in [1.807, 2.05) is 26.0 Å². The summed E-state index contributed by atoms with van der Waals surface area (Å²) in [4.78, 5) is 0. The third-order valence-electron chi connectivity index (χ3n) is 1.81. The lowest BCUT2D eigenvalue weighted by Crippen LogP contribution is -1.94. The van der Waals surface area contributed by atoms with Crippen LogP contribution in [0.3, 0.4) is 0 Å². The van der Waals surface area contributed by atoms with Gasteiger partial charge >= 0.3 is 0 Å². The fourth-order valence-corrected chi connectivity index (χ4v) is 1.30.